The van der Waals surface area contributed by atoms with Crippen molar-refractivity contribution in [2.45, 2.75) is 13.3 Å². The van der Waals surface area contributed by atoms with Crippen LogP contribution in [0.3, 0.4) is 0 Å². The molecule has 1 fully saturated rings. The molecule has 0 radical (unpaired) electrons. The Bertz CT molecular complexity index is 769. The molecule has 1 saturated heterocycles. The van der Waals surface area contributed by atoms with Crippen LogP contribution in [0, 0.1) is 0 Å². The number of nitrogens with zero attached hydrogens (tertiary/aromatic N) is 5. The van der Waals surface area contributed by atoms with Gasteiger partial charge in [0.05, 0.1) is 19.0 Å². The highest BCUT2D eigenvalue weighted by molar-refractivity contribution is 7.89. The van der Waals surface area contributed by atoms with Crippen LogP contribution in [0.15, 0.2) is 12.1 Å². The van der Waals surface area contributed by atoms with E-state index in [1.54, 1.807) is 11.4 Å². The fourth-order valence-electron chi connectivity index (χ4n) is 2.36. The Morgan fingerprint density at radius 1 is 1.26 bits per heavy atom. The molecule has 3 heterocycles. The maximum Gasteiger partial charge on any atom is 0.211 e. The summed E-state index contributed by atoms with van der Waals surface area (Å²) in [5.41, 5.74) is 0.648. The zero-order chi connectivity index (χ0) is 16.3. The number of morpholine rings is 1. The van der Waals surface area contributed by atoms with Gasteiger partial charge in [0.2, 0.25) is 10.0 Å². The Hall–Kier alpha value is -1.78. The first-order chi connectivity index (χ1) is 11.1. The maximum atomic E-state index is 11.5. The number of aromatic nitrogens is 4. The van der Waals surface area contributed by atoms with Crippen LogP contribution in [0.4, 0.5) is 5.82 Å². The quantitative estimate of drug-likeness (QED) is 0.752. The van der Waals surface area contributed by atoms with E-state index in [-0.39, 0.29) is 12.3 Å². The second-order valence-corrected chi connectivity index (χ2v) is 7.32. The van der Waals surface area contributed by atoms with Gasteiger partial charge in [0.25, 0.3) is 0 Å². The highest BCUT2D eigenvalue weighted by Crippen LogP contribution is 2.14. The predicted octanol–water partition coefficient (Wildman–Crippen LogP) is -0.557. The largest absolute Gasteiger partial charge is 0.378 e. The molecule has 1 aliphatic heterocycles. The SMILES string of the molecule is CCS(=O)(=O)NCCc1nnc2ccc(N3CCOCC3)nn12. The van der Waals surface area contributed by atoms with Crippen LogP contribution in [-0.2, 0) is 21.2 Å². The molecule has 0 aromatic carbocycles. The third-order valence-electron chi connectivity index (χ3n) is 3.70. The lowest BCUT2D eigenvalue weighted by molar-refractivity contribution is 0.122. The molecule has 0 bridgehead atoms. The molecule has 0 unspecified atom stereocenters. The van der Waals surface area contributed by atoms with Crippen LogP contribution in [0.1, 0.15) is 12.7 Å². The van der Waals surface area contributed by atoms with Gasteiger partial charge in [-0.15, -0.1) is 15.3 Å². The smallest absolute Gasteiger partial charge is 0.211 e. The molecule has 2 aromatic heterocycles. The molecular weight excluding hydrogens is 320 g/mol. The summed E-state index contributed by atoms with van der Waals surface area (Å²) in [4.78, 5) is 2.15. The van der Waals surface area contributed by atoms with Gasteiger partial charge in [0.15, 0.2) is 11.5 Å². The van der Waals surface area contributed by atoms with Gasteiger partial charge in [-0.2, -0.15) is 4.52 Å². The molecular formula is C13H20N6O3S. The zero-order valence-corrected chi connectivity index (χ0v) is 13.8. The van der Waals surface area contributed by atoms with E-state index in [0.29, 0.717) is 31.1 Å². The van der Waals surface area contributed by atoms with Crippen molar-refractivity contribution in [3.8, 4) is 0 Å². The van der Waals surface area contributed by atoms with E-state index in [0.717, 1.165) is 18.9 Å². The number of fused-ring (bicyclic) bond motifs is 1. The second kappa shape index (κ2) is 6.77. The number of hydrogen-bond donors (Lipinski definition) is 1. The first-order valence-corrected chi connectivity index (χ1v) is 9.25. The van der Waals surface area contributed by atoms with Gasteiger partial charge in [-0.05, 0) is 19.1 Å². The van der Waals surface area contributed by atoms with E-state index in [9.17, 15) is 8.42 Å². The number of sulfonamides is 1. The average Bonchev–Trinajstić information content (AvgIpc) is 2.98. The van der Waals surface area contributed by atoms with Crippen LogP contribution < -0.4 is 9.62 Å². The fourth-order valence-corrected chi connectivity index (χ4v) is 2.98. The lowest BCUT2D eigenvalue weighted by atomic mass is 10.4. The molecule has 23 heavy (non-hydrogen) atoms. The van der Waals surface area contributed by atoms with E-state index in [2.05, 4.69) is 24.9 Å². The molecule has 10 heteroatoms. The van der Waals surface area contributed by atoms with Gasteiger partial charge in [0.1, 0.15) is 5.82 Å². The molecule has 0 amide bonds. The Morgan fingerprint density at radius 2 is 2.04 bits per heavy atom. The number of hydrogen-bond acceptors (Lipinski definition) is 7. The lowest BCUT2D eigenvalue weighted by Crippen LogP contribution is -2.37. The van der Waals surface area contributed by atoms with Gasteiger partial charge < -0.3 is 9.64 Å². The van der Waals surface area contributed by atoms with Crippen molar-refractivity contribution in [1.82, 2.24) is 24.5 Å². The summed E-state index contributed by atoms with van der Waals surface area (Å²) in [6, 6.07) is 3.78. The lowest BCUT2D eigenvalue weighted by Gasteiger charge is -2.27. The van der Waals surface area contributed by atoms with E-state index in [1.165, 1.54) is 0 Å². The van der Waals surface area contributed by atoms with Crippen molar-refractivity contribution in [1.29, 1.82) is 0 Å². The minimum atomic E-state index is -3.20. The molecule has 9 nitrogen and oxygen atoms in total. The minimum Gasteiger partial charge on any atom is -0.378 e. The summed E-state index contributed by atoms with van der Waals surface area (Å²) in [5, 5.41) is 12.7. The highest BCUT2D eigenvalue weighted by atomic mass is 32.2. The van der Waals surface area contributed by atoms with Crippen LogP contribution in [0.5, 0.6) is 0 Å². The van der Waals surface area contributed by atoms with Crippen LogP contribution >= 0.6 is 0 Å². The third-order valence-corrected chi connectivity index (χ3v) is 5.10. The molecule has 0 saturated carbocycles. The van der Waals surface area contributed by atoms with E-state index >= 15 is 0 Å². The first kappa shape index (κ1) is 16.1. The fraction of sp³-hybridized carbons (Fsp3) is 0.615. The summed E-state index contributed by atoms with van der Waals surface area (Å²) in [5.74, 6) is 1.54. The standard InChI is InChI=1S/C13H20N6O3S/c1-2-23(20,21)14-6-5-12-16-15-11-3-4-13(17-19(11)12)18-7-9-22-10-8-18/h3-4,14H,2,5-10H2,1H3. The molecule has 126 valence electrons. The minimum absolute atomic E-state index is 0.0625. The topological polar surface area (TPSA) is 102 Å². The molecule has 0 aliphatic carbocycles. The summed E-state index contributed by atoms with van der Waals surface area (Å²) in [6.07, 6.45) is 0.431. The molecule has 1 aliphatic rings. The Kier molecular flexibility index (Phi) is 4.74. The van der Waals surface area contributed by atoms with Crippen molar-refractivity contribution in [2.24, 2.45) is 0 Å². The molecule has 3 rings (SSSR count). The second-order valence-electron chi connectivity index (χ2n) is 5.22. The molecule has 1 N–H and O–H groups in total. The first-order valence-electron chi connectivity index (χ1n) is 7.60. The summed E-state index contributed by atoms with van der Waals surface area (Å²) in [6.45, 7) is 4.85. The number of nitrogens with one attached hydrogen (secondary N) is 1. The van der Waals surface area contributed by atoms with Crippen molar-refractivity contribution < 1.29 is 13.2 Å². The third kappa shape index (κ3) is 3.77. The van der Waals surface area contributed by atoms with Crippen LogP contribution in [0.25, 0.3) is 5.65 Å². The van der Waals surface area contributed by atoms with E-state index in [4.69, 9.17) is 4.74 Å². The Labute approximate surface area is 134 Å². The summed E-state index contributed by atoms with van der Waals surface area (Å²) >= 11 is 0. The highest BCUT2D eigenvalue weighted by Gasteiger charge is 2.15. The predicted molar refractivity (Wildman–Crippen MR) is 85.0 cm³/mol. The zero-order valence-electron chi connectivity index (χ0n) is 13.0. The average molecular weight is 340 g/mol. The van der Waals surface area contributed by atoms with Gasteiger partial charge in [-0.3, -0.25) is 0 Å². The van der Waals surface area contributed by atoms with Crippen molar-refractivity contribution in [3.63, 3.8) is 0 Å². The van der Waals surface area contributed by atoms with Gasteiger partial charge in [-0.25, -0.2) is 13.1 Å². The molecule has 2 aromatic rings. The Morgan fingerprint density at radius 3 is 2.78 bits per heavy atom. The van der Waals surface area contributed by atoms with Crippen LogP contribution in [-0.4, -0.2) is 66.8 Å². The van der Waals surface area contributed by atoms with Crippen molar-refractivity contribution in [2.75, 3.05) is 43.5 Å². The van der Waals surface area contributed by atoms with E-state index in [1.807, 2.05) is 12.1 Å². The summed E-state index contributed by atoms with van der Waals surface area (Å²) in [7, 11) is -3.20. The number of rotatable bonds is 6. The maximum absolute atomic E-state index is 11.5. The monoisotopic (exact) mass is 340 g/mol. The van der Waals surface area contributed by atoms with Gasteiger partial charge in [0, 0.05) is 26.1 Å². The number of anilines is 1. The molecule has 0 atom stereocenters. The van der Waals surface area contributed by atoms with Gasteiger partial charge in [-0.1, -0.05) is 0 Å². The van der Waals surface area contributed by atoms with Crippen molar-refractivity contribution in [3.05, 3.63) is 18.0 Å². The number of ether oxygens (including phenoxy) is 1. The van der Waals surface area contributed by atoms with E-state index < -0.39 is 10.0 Å². The van der Waals surface area contributed by atoms with Gasteiger partial charge >= 0.3 is 0 Å². The Balaban J connectivity index is 1.75. The normalized spacial score (nSPS) is 16.1. The summed E-state index contributed by atoms with van der Waals surface area (Å²) < 4.78 is 32.5. The van der Waals surface area contributed by atoms with Crippen LogP contribution in [0.2, 0.25) is 0 Å². The molecule has 0 spiro atoms. The van der Waals surface area contributed by atoms with Crippen molar-refractivity contribution >= 4 is 21.5 Å².